The zero-order chi connectivity index (χ0) is 23.4. The predicted octanol–water partition coefficient (Wildman–Crippen LogP) is 6.12. The molecule has 0 fully saturated rings. The number of carbonyl (C=O) groups is 1. The van der Waals surface area contributed by atoms with Gasteiger partial charge < -0.3 is 9.84 Å². The quantitative estimate of drug-likeness (QED) is 0.367. The van der Waals surface area contributed by atoms with Crippen molar-refractivity contribution in [2.24, 2.45) is 0 Å². The summed E-state index contributed by atoms with van der Waals surface area (Å²) in [6.45, 7) is 0. The van der Waals surface area contributed by atoms with Crippen LogP contribution in [0, 0.1) is 0 Å². The lowest BCUT2D eigenvalue weighted by Crippen LogP contribution is -2.30. The van der Waals surface area contributed by atoms with Crippen LogP contribution < -0.4 is 5.32 Å². The third-order valence-corrected chi connectivity index (χ3v) is 5.12. The third-order valence-electron chi connectivity index (χ3n) is 4.89. The summed E-state index contributed by atoms with van der Waals surface area (Å²) in [6, 6.07) is 19.5. The van der Waals surface area contributed by atoms with Crippen LogP contribution in [-0.2, 0) is 12.6 Å². The molecule has 4 aromatic rings. The SMILES string of the molecule is O=C(N[C@@H](Cc1ccccc1)c1nc(-c2cccc(Cl)c2)no1)c1ccc(C(F)(F)F)cc1. The van der Waals surface area contributed by atoms with Crippen molar-refractivity contribution < 1.29 is 22.5 Å². The molecule has 1 aromatic heterocycles. The van der Waals surface area contributed by atoms with Gasteiger partial charge in [-0.25, -0.2) is 0 Å². The highest BCUT2D eigenvalue weighted by Crippen LogP contribution is 2.29. The topological polar surface area (TPSA) is 68.0 Å². The maximum atomic E-state index is 12.8. The molecule has 0 aliphatic heterocycles. The number of hydrogen-bond donors (Lipinski definition) is 1. The number of nitrogens with one attached hydrogen (secondary N) is 1. The zero-order valence-corrected chi connectivity index (χ0v) is 17.8. The van der Waals surface area contributed by atoms with E-state index in [1.165, 1.54) is 0 Å². The standard InChI is InChI=1S/C24H17ClF3N3O2/c25-19-8-4-7-17(14-19)21-30-23(33-31-21)20(13-15-5-2-1-3-6-15)29-22(32)16-9-11-18(12-10-16)24(26,27)28/h1-12,14,20H,13H2,(H,29,32)/t20-/m0/s1. The molecule has 3 aromatic carbocycles. The molecule has 0 spiro atoms. The van der Waals surface area contributed by atoms with Crippen LogP contribution in [0.1, 0.15) is 33.4 Å². The first-order chi connectivity index (χ1) is 15.8. The lowest BCUT2D eigenvalue weighted by Gasteiger charge is -2.16. The van der Waals surface area contributed by atoms with Gasteiger partial charge in [-0.3, -0.25) is 4.79 Å². The van der Waals surface area contributed by atoms with E-state index in [4.69, 9.17) is 16.1 Å². The van der Waals surface area contributed by atoms with Crippen molar-refractivity contribution in [2.45, 2.75) is 18.6 Å². The molecule has 0 saturated carbocycles. The molecule has 0 unspecified atom stereocenters. The number of nitrogens with zero attached hydrogens (tertiary/aromatic N) is 2. The lowest BCUT2D eigenvalue weighted by atomic mass is 10.0. The second-order valence-corrected chi connectivity index (χ2v) is 7.69. The molecule has 1 heterocycles. The van der Waals surface area contributed by atoms with E-state index in [-0.39, 0.29) is 11.5 Å². The monoisotopic (exact) mass is 471 g/mol. The van der Waals surface area contributed by atoms with Crippen molar-refractivity contribution >= 4 is 17.5 Å². The highest BCUT2D eigenvalue weighted by Gasteiger charge is 2.30. The average molecular weight is 472 g/mol. The number of alkyl halides is 3. The van der Waals surface area contributed by atoms with E-state index in [1.807, 2.05) is 30.3 Å². The minimum atomic E-state index is -4.48. The van der Waals surface area contributed by atoms with E-state index in [2.05, 4.69) is 15.5 Å². The molecule has 0 bridgehead atoms. The Morgan fingerprint density at radius 1 is 1.00 bits per heavy atom. The minimum absolute atomic E-state index is 0.0793. The Bertz CT molecular complexity index is 1240. The van der Waals surface area contributed by atoms with Crippen molar-refractivity contribution in [2.75, 3.05) is 0 Å². The molecular formula is C24H17ClF3N3O2. The molecule has 4 rings (SSSR count). The Hall–Kier alpha value is -3.65. The Morgan fingerprint density at radius 2 is 1.73 bits per heavy atom. The van der Waals surface area contributed by atoms with Crippen molar-refractivity contribution in [3.05, 3.63) is 106 Å². The van der Waals surface area contributed by atoms with Gasteiger partial charge in [-0.05, 0) is 42.0 Å². The number of amides is 1. The van der Waals surface area contributed by atoms with E-state index in [0.29, 0.717) is 22.8 Å². The third kappa shape index (κ3) is 5.59. The van der Waals surface area contributed by atoms with Crippen LogP contribution in [0.4, 0.5) is 13.2 Å². The van der Waals surface area contributed by atoms with Gasteiger partial charge in [-0.2, -0.15) is 18.2 Å². The predicted molar refractivity (Wildman–Crippen MR) is 117 cm³/mol. The fourth-order valence-corrected chi connectivity index (χ4v) is 3.41. The first-order valence-corrected chi connectivity index (χ1v) is 10.3. The van der Waals surface area contributed by atoms with E-state index in [9.17, 15) is 18.0 Å². The number of hydrogen-bond acceptors (Lipinski definition) is 4. The van der Waals surface area contributed by atoms with Crippen LogP contribution in [0.3, 0.4) is 0 Å². The second-order valence-electron chi connectivity index (χ2n) is 7.26. The van der Waals surface area contributed by atoms with E-state index in [0.717, 1.165) is 29.8 Å². The average Bonchev–Trinajstić information content (AvgIpc) is 3.29. The fraction of sp³-hybridized carbons (Fsp3) is 0.125. The van der Waals surface area contributed by atoms with Crippen LogP contribution >= 0.6 is 11.6 Å². The maximum Gasteiger partial charge on any atom is 0.416 e. The zero-order valence-electron chi connectivity index (χ0n) is 17.0. The van der Waals surface area contributed by atoms with Crippen molar-refractivity contribution in [3.63, 3.8) is 0 Å². The highest BCUT2D eigenvalue weighted by molar-refractivity contribution is 6.30. The molecule has 33 heavy (non-hydrogen) atoms. The Kier molecular flexibility index (Phi) is 6.46. The van der Waals surface area contributed by atoms with Gasteiger partial charge in [-0.15, -0.1) is 0 Å². The molecule has 168 valence electrons. The number of aromatic nitrogens is 2. The highest BCUT2D eigenvalue weighted by atomic mass is 35.5. The van der Waals surface area contributed by atoms with Crippen LogP contribution in [0.2, 0.25) is 5.02 Å². The van der Waals surface area contributed by atoms with Crippen molar-refractivity contribution in [1.82, 2.24) is 15.5 Å². The second kappa shape index (κ2) is 9.46. The summed E-state index contributed by atoms with van der Waals surface area (Å²) in [7, 11) is 0. The van der Waals surface area contributed by atoms with Crippen molar-refractivity contribution in [3.8, 4) is 11.4 Å². The molecule has 5 nitrogen and oxygen atoms in total. The first-order valence-electron chi connectivity index (χ1n) is 9.91. The number of rotatable bonds is 6. The van der Waals surface area contributed by atoms with Gasteiger partial charge in [-0.1, -0.05) is 59.2 Å². The van der Waals surface area contributed by atoms with Gasteiger partial charge in [0.1, 0.15) is 6.04 Å². The van der Waals surface area contributed by atoms with Crippen LogP contribution in [0.5, 0.6) is 0 Å². The lowest BCUT2D eigenvalue weighted by molar-refractivity contribution is -0.137. The molecule has 0 aliphatic rings. The number of benzene rings is 3. The Morgan fingerprint density at radius 3 is 2.39 bits per heavy atom. The summed E-state index contributed by atoms with van der Waals surface area (Å²) in [5.74, 6) is -0.101. The van der Waals surface area contributed by atoms with Gasteiger partial charge >= 0.3 is 6.18 Å². The van der Waals surface area contributed by atoms with E-state index < -0.39 is 23.7 Å². The van der Waals surface area contributed by atoms with Crippen LogP contribution in [0.25, 0.3) is 11.4 Å². The normalized spacial score (nSPS) is 12.4. The first kappa shape index (κ1) is 22.5. The summed E-state index contributed by atoms with van der Waals surface area (Å²) in [6.07, 6.45) is -4.14. The van der Waals surface area contributed by atoms with E-state index >= 15 is 0 Å². The summed E-state index contributed by atoms with van der Waals surface area (Å²) in [5, 5.41) is 7.29. The van der Waals surface area contributed by atoms with E-state index in [1.54, 1.807) is 24.3 Å². The van der Waals surface area contributed by atoms with Crippen molar-refractivity contribution in [1.29, 1.82) is 0 Å². The summed E-state index contributed by atoms with van der Waals surface area (Å²) in [5.41, 5.74) is 0.793. The molecule has 1 atom stereocenters. The molecule has 1 N–H and O–H groups in total. The molecular weight excluding hydrogens is 455 g/mol. The van der Waals surface area contributed by atoms with Gasteiger partial charge in [0.05, 0.1) is 5.56 Å². The smallest absolute Gasteiger partial charge is 0.340 e. The molecule has 0 aliphatic carbocycles. The van der Waals surface area contributed by atoms with Gasteiger partial charge in [0, 0.05) is 22.6 Å². The largest absolute Gasteiger partial charge is 0.416 e. The summed E-state index contributed by atoms with van der Waals surface area (Å²) >= 11 is 6.03. The molecule has 9 heteroatoms. The fourth-order valence-electron chi connectivity index (χ4n) is 3.22. The number of halogens is 4. The molecule has 0 radical (unpaired) electrons. The number of carbonyl (C=O) groups excluding carboxylic acids is 1. The summed E-state index contributed by atoms with van der Waals surface area (Å²) < 4.78 is 43.9. The van der Waals surface area contributed by atoms with Gasteiger partial charge in [0.25, 0.3) is 5.91 Å². The van der Waals surface area contributed by atoms with Gasteiger partial charge in [0.2, 0.25) is 11.7 Å². The summed E-state index contributed by atoms with van der Waals surface area (Å²) in [4.78, 5) is 17.2. The van der Waals surface area contributed by atoms with Crippen LogP contribution in [-0.4, -0.2) is 16.0 Å². The van der Waals surface area contributed by atoms with Gasteiger partial charge in [0.15, 0.2) is 0 Å². The Balaban J connectivity index is 1.60. The van der Waals surface area contributed by atoms with Crippen LogP contribution in [0.15, 0.2) is 83.4 Å². The Labute approximate surface area is 192 Å². The molecule has 0 saturated heterocycles. The molecule has 1 amide bonds. The minimum Gasteiger partial charge on any atom is -0.340 e. The maximum absolute atomic E-state index is 12.8.